The number of nitrogens with zero attached hydrogens (tertiary/aromatic N) is 6. The van der Waals surface area contributed by atoms with Crippen LogP contribution in [-0.2, 0) is 0 Å². The van der Waals surface area contributed by atoms with E-state index in [-0.39, 0.29) is 0 Å². The minimum atomic E-state index is 0.351. The van der Waals surface area contributed by atoms with Crippen LogP contribution < -0.4 is 9.80 Å². The van der Waals surface area contributed by atoms with Crippen LogP contribution in [0.5, 0.6) is 0 Å². The van der Waals surface area contributed by atoms with E-state index in [2.05, 4.69) is 43.8 Å². The minimum absolute atomic E-state index is 0.351. The van der Waals surface area contributed by atoms with Crippen LogP contribution in [0.4, 0.5) is 11.6 Å². The van der Waals surface area contributed by atoms with Crippen LogP contribution in [0.2, 0.25) is 0 Å². The van der Waals surface area contributed by atoms with Gasteiger partial charge in [0.2, 0.25) is 0 Å². The van der Waals surface area contributed by atoms with Crippen LogP contribution in [0.3, 0.4) is 0 Å². The summed E-state index contributed by atoms with van der Waals surface area (Å²) < 4.78 is 0. The van der Waals surface area contributed by atoms with Gasteiger partial charge in [-0.1, -0.05) is 13.8 Å². The summed E-state index contributed by atoms with van der Waals surface area (Å²) in [7, 11) is 0. The first kappa shape index (κ1) is 14.7. The molecule has 1 fully saturated rings. The first-order valence-corrected chi connectivity index (χ1v) is 7.76. The molecule has 0 saturated carbocycles. The van der Waals surface area contributed by atoms with Gasteiger partial charge in [0.15, 0.2) is 5.82 Å². The number of hydrogen-bond acceptors (Lipinski definition) is 6. The molecule has 6 heteroatoms. The Kier molecular flexibility index (Phi) is 4.18. The zero-order chi connectivity index (χ0) is 15.5. The Morgan fingerprint density at radius 2 is 1.59 bits per heavy atom. The average molecular weight is 298 g/mol. The van der Waals surface area contributed by atoms with Gasteiger partial charge in [-0.15, -0.1) is 5.10 Å². The molecule has 0 aromatic carbocycles. The van der Waals surface area contributed by atoms with Gasteiger partial charge in [0.25, 0.3) is 0 Å². The Bertz CT molecular complexity index is 617. The van der Waals surface area contributed by atoms with Crippen LogP contribution in [0.15, 0.2) is 24.4 Å². The monoisotopic (exact) mass is 298 g/mol. The van der Waals surface area contributed by atoms with Crippen LogP contribution >= 0.6 is 0 Å². The van der Waals surface area contributed by atoms with Crippen LogP contribution in [0, 0.1) is 6.92 Å². The molecule has 0 radical (unpaired) electrons. The van der Waals surface area contributed by atoms with Crippen molar-refractivity contribution in [2.45, 2.75) is 26.7 Å². The van der Waals surface area contributed by atoms with E-state index in [4.69, 9.17) is 0 Å². The maximum absolute atomic E-state index is 4.67. The Labute approximate surface area is 131 Å². The first-order valence-electron chi connectivity index (χ1n) is 7.76. The Balaban J connectivity index is 1.66. The standard InChI is InChI=1S/C16H22N6/c1-12(2)16-17-7-6-14(18-16)21-8-10-22(11-9-21)15-5-4-13(3)19-20-15/h4-7,12H,8-11H2,1-3H3. The molecule has 1 aliphatic rings. The number of piperazine rings is 1. The molecular weight excluding hydrogens is 276 g/mol. The number of anilines is 2. The fourth-order valence-corrected chi connectivity index (χ4v) is 2.54. The van der Waals surface area contributed by atoms with Gasteiger partial charge in [-0.3, -0.25) is 0 Å². The van der Waals surface area contributed by atoms with E-state index in [9.17, 15) is 0 Å². The molecule has 1 saturated heterocycles. The Hall–Kier alpha value is -2.24. The summed E-state index contributed by atoms with van der Waals surface area (Å²) in [6.45, 7) is 9.92. The maximum atomic E-state index is 4.67. The zero-order valence-electron chi connectivity index (χ0n) is 13.4. The average Bonchev–Trinajstić information content (AvgIpc) is 2.56. The fraction of sp³-hybridized carbons (Fsp3) is 0.500. The lowest BCUT2D eigenvalue weighted by molar-refractivity contribution is 0.633. The molecule has 2 aromatic rings. The Morgan fingerprint density at radius 1 is 0.909 bits per heavy atom. The molecule has 0 unspecified atom stereocenters. The van der Waals surface area contributed by atoms with E-state index in [0.717, 1.165) is 49.3 Å². The molecule has 0 bridgehead atoms. The second kappa shape index (κ2) is 6.25. The van der Waals surface area contributed by atoms with Crippen molar-refractivity contribution in [2.24, 2.45) is 0 Å². The van der Waals surface area contributed by atoms with E-state index >= 15 is 0 Å². The molecular formula is C16H22N6. The lowest BCUT2D eigenvalue weighted by Gasteiger charge is -2.35. The molecule has 1 aliphatic heterocycles. The lowest BCUT2D eigenvalue weighted by Crippen LogP contribution is -2.47. The van der Waals surface area contributed by atoms with Crippen molar-refractivity contribution >= 4 is 11.6 Å². The van der Waals surface area contributed by atoms with Crippen LogP contribution in [-0.4, -0.2) is 46.3 Å². The normalized spacial score (nSPS) is 15.5. The summed E-state index contributed by atoms with van der Waals surface area (Å²) in [5.74, 6) is 3.23. The molecule has 116 valence electrons. The van der Waals surface area contributed by atoms with Gasteiger partial charge in [0, 0.05) is 38.3 Å². The number of aryl methyl sites for hydroxylation is 1. The van der Waals surface area contributed by atoms with Gasteiger partial charge in [0.05, 0.1) is 5.69 Å². The van der Waals surface area contributed by atoms with Crippen molar-refractivity contribution in [3.05, 3.63) is 35.9 Å². The van der Waals surface area contributed by atoms with E-state index in [0.29, 0.717) is 5.92 Å². The smallest absolute Gasteiger partial charge is 0.151 e. The van der Waals surface area contributed by atoms with Gasteiger partial charge >= 0.3 is 0 Å². The fourth-order valence-electron chi connectivity index (χ4n) is 2.54. The topological polar surface area (TPSA) is 58.0 Å². The third-order valence-corrected chi connectivity index (χ3v) is 3.89. The van der Waals surface area contributed by atoms with Gasteiger partial charge < -0.3 is 9.80 Å². The van der Waals surface area contributed by atoms with Gasteiger partial charge in [-0.25, -0.2) is 9.97 Å². The SMILES string of the molecule is Cc1ccc(N2CCN(c3ccnc(C(C)C)n3)CC2)nn1. The molecule has 0 aliphatic carbocycles. The summed E-state index contributed by atoms with van der Waals surface area (Å²) in [5.41, 5.74) is 0.949. The molecule has 3 rings (SSSR count). The first-order chi connectivity index (χ1) is 10.6. The number of hydrogen-bond donors (Lipinski definition) is 0. The van der Waals surface area contributed by atoms with Crippen molar-refractivity contribution in [3.8, 4) is 0 Å². The largest absolute Gasteiger partial charge is 0.353 e. The summed E-state index contributed by atoms with van der Waals surface area (Å²) in [4.78, 5) is 13.6. The molecule has 22 heavy (non-hydrogen) atoms. The van der Waals surface area contributed by atoms with Gasteiger partial charge in [-0.05, 0) is 25.1 Å². The summed E-state index contributed by atoms with van der Waals surface area (Å²) in [6.07, 6.45) is 1.86. The summed E-state index contributed by atoms with van der Waals surface area (Å²) in [5, 5.41) is 8.41. The second-order valence-corrected chi connectivity index (χ2v) is 5.93. The second-order valence-electron chi connectivity index (χ2n) is 5.93. The minimum Gasteiger partial charge on any atom is -0.353 e. The van der Waals surface area contributed by atoms with Gasteiger partial charge in [-0.2, -0.15) is 5.10 Å². The van der Waals surface area contributed by atoms with Crippen molar-refractivity contribution < 1.29 is 0 Å². The third kappa shape index (κ3) is 3.16. The molecule has 3 heterocycles. The Morgan fingerprint density at radius 3 is 2.18 bits per heavy atom. The molecule has 0 atom stereocenters. The van der Waals surface area contributed by atoms with E-state index in [1.807, 2.05) is 31.3 Å². The molecule has 0 N–H and O–H groups in total. The summed E-state index contributed by atoms with van der Waals surface area (Å²) >= 11 is 0. The lowest BCUT2D eigenvalue weighted by atomic mass is 10.2. The maximum Gasteiger partial charge on any atom is 0.151 e. The third-order valence-electron chi connectivity index (χ3n) is 3.89. The van der Waals surface area contributed by atoms with Crippen LogP contribution in [0.25, 0.3) is 0 Å². The van der Waals surface area contributed by atoms with Crippen molar-refractivity contribution in [2.75, 3.05) is 36.0 Å². The quantitative estimate of drug-likeness (QED) is 0.864. The van der Waals surface area contributed by atoms with Crippen molar-refractivity contribution in [3.63, 3.8) is 0 Å². The highest BCUT2D eigenvalue weighted by Crippen LogP contribution is 2.18. The predicted octanol–water partition coefficient (Wildman–Crippen LogP) is 2.03. The van der Waals surface area contributed by atoms with Crippen molar-refractivity contribution in [1.82, 2.24) is 20.2 Å². The van der Waals surface area contributed by atoms with E-state index in [1.165, 1.54) is 0 Å². The molecule has 6 nitrogen and oxygen atoms in total. The molecule has 2 aromatic heterocycles. The summed E-state index contributed by atoms with van der Waals surface area (Å²) in [6, 6.07) is 6.04. The van der Waals surface area contributed by atoms with Crippen LogP contribution in [0.1, 0.15) is 31.3 Å². The zero-order valence-corrected chi connectivity index (χ0v) is 13.4. The number of rotatable bonds is 3. The molecule has 0 amide bonds. The number of aromatic nitrogens is 4. The highest BCUT2D eigenvalue weighted by atomic mass is 15.3. The highest BCUT2D eigenvalue weighted by molar-refractivity contribution is 5.44. The van der Waals surface area contributed by atoms with Crippen molar-refractivity contribution in [1.29, 1.82) is 0 Å². The highest BCUT2D eigenvalue weighted by Gasteiger charge is 2.20. The van der Waals surface area contributed by atoms with E-state index < -0.39 is 0 Å². The molecule has 0 spiro atoms. The predicted molar refractivity (Wildman–Crippen MR) is 87.3 cm³/mol. The van der Waals surface area contributed by atoms with Gasteiger partial charge in [0.1, 0.15) is 11.6 Å². The van der Waals surface area contributed by atoms with E-state index in [1.54, 1.807) is 0 Å².